The van der Waals surface area contributed by atoms with Gasteiger partial charge < -0.3 is 4.74 Å². The Bertz CT molecular complexity index is 754. The van der Waals surface area contributed by atoms with E-state index >= 15 is 0 Å². The third-order valence-electron chi connectivity index (χ3n) is 2.45. The highest BCUT2D eigenvalue weighted by atomic mass is 32.2. The summed E-state index contributed by atoms with van der Waals surface area (Å²) in [6.45, 7) is 1.38. The third kappa shape index (κ3) is 2.85. The predicted octanol–water partition coefficient (Wildman–Crippen LogP) is 1.01. The van der Waals surface area contributed by atoms with Gasteiger partial charge in [-0.15, -0.1) is 0 Å². The fourth-order valence-electron chi connectivity index (χ4n) is 1.52. The summed E-state index contributed by atoms with van der Waals surface area (Å²) in [4.78, 5) is 38.1. The number of Topliss-reactive ketones (excluding diaryl/α,β-unsaturated/α-hetero) is 1. The summed E-state index contributed by atoms with van der Waals surface area (Å²) in [6, 6.07) is 0. The molecule has 0 saturated carbocycles. The number of hydrogen-bond acceptors (Lipinski definition) is 7. The van der Waals surface area contributed by atoms with E-state index in [0.717, 1.165) is 0 Å². The first-order chi connectivity index (χ1) is 9.55. The maximum Gasteiger partial charge on any atom is 0.279 e. The Morgan fingerprint density at radius 2 is 2.20 bits per heavy atom. The molecule has 0 saturated heterocycles. The molecule has 0 atom stereocenters. The van der Waals surface area contributed by atoms with E-state index in [4.69, 9.17) is 4.74 Å². The third-order valence-corrected chi connectivity index (χ3v) is 3.03. The fourth-order valence-corrected chi connectivity index (χ4v) is 1.89. The summed E-state index contributed by atoms with van der Waals surface area (Å²) in [7, 11) is 1.39. The number of thioether (sulfide) groups is 1. The molecule has 0 unspecified atom stereocenters. The molecule has 8 heteroatoms. The SMILES string of the molecule is CO/C(=C/c1cnc2nc(SC)[nH]c(=O)c2n1)C(C)=O. The number of carbonyl (C=O) groups excluding carboxylic acids is 1. The Morgan fingerprint density at radius 1 is 1.45 bits per heavy atom. The van der Waals surface area contributed by atoms with Gasteiger partial charge in [-0.25, -0.2) is 15.0 Å². The molecule has 0 spiro atoms. The quantitative estimate of drug-likeness (QED) is 0.388. The van der Waals surface area contributed by atoms with Crippen molar-refractivity contribution >= 4 is 34.8 Å². The van der Waals surface area contributed by atoms with Crippen LogP contribution in [0.1, 0.15) is 12.6 Å². The highest BCUT2D eigenvalue weighted by molar-refractivity contribution is 7.98. The van der Waals surface area contributed by atoms with Crippen molar-refractivity contribution in [2.45, 2.75) is 12.1 Å². The zero-order chi connectivity index (χ0) is 14.7. The van der Waals surface area contributed by atoms with E-state index < -0.39 is 0 Å². The van der Waals surface area contributed by atoms with E-state index in [9.17, 15) is 9.59 Å². The first kappa shape index (κ1) is 14.2. The number of H-pyrrole nitrogens is 1. The second kappa shape index (κ2) is 5.83. The number of fused-ring (bicyclic) bond motifs is 1. The van der Waals surface area contributed by atoms with Gasteiger partial charge in [0.2, 0.25) is 0 Å². The standard InChI is InChI=1S/C12H12N4O3S/c1-6(17)8(19-2)4-7-5-13-10-9(14-7)11(18)16-12(15-10)20-3/h4-5H,1-3H3,(H,13,15,16,18)/b8-4+. The van der Waals surface area contributed by atoms with Crippen LogP contribution in [0, 0.1) is 0 Å². The van der Waals surface area contributed by atoms with Crippen LogP contribution < -0.4 is 5.56 Å². The maximum atomic E-state index is 11.9. The van der Waals surface area contributed by atoms with Gasteiger partial charge in [-0.3, -0.25) is 14.6 Å². The van der Waals surface area contributed by atoms with Crippen molar-refractivity contribution in [2.75, 3.05) is 13.4 Å². The number of methoxy groups -OCH3 is 1. The Hall–Kier alpha value is -2.22. The number of carbonyl (C=O) groups is 1. The van der Waals surface area contributed by atoms with Crippen molar-refractivity contribution in [1.82, 2.24) is 19.9 Å². The van der Waals surface area contributed by atoms with E-state index in [-0.39, 0.29) is 28.3 Å². The lowest BCUT2D eigenvalue weighted by molar-refractivity contribution is -0.116. The number of nitrogens with one attached hydrogen (secondary N) is 1. The molecule has 0 amide bonds. The first-order valence-corrected chi connectivity index (χ1v) is 6.85. The van der Waals surface area contributed by atoms with Crippen LogP contribution in [0.4, 0.5) is 0 Å². The molecular formula is C12H12N4O3S. The van der Waals surface area contributed by atoms with Crippen LogP contribution in [0.5, 0.6) is 0 Å². The fraction of sp³-hybridized carbons (Fsp3) is 0.250. The number of allylic oxidation sites excluding steroid dienone is 1. The van der Waals surface area contributed by atoms with Crippen molar-refractivity contribution in [1.29, 1.82) is 0 Å². The van der Waals surface area contributed by atoms with Gasteiger partial charge in [0.25, 0.3) is 5.56 Å². The lowest BCUT2D eigenvalue weighted by Crippen LogP contribution is -2.12. The summed E-state index contributed by atoms with van der Waals surface area (Å²) in [5, 5.41) is 0.474. The average Bonchev–Trinajstić information content (AvgIpc) is 2.44. The van der Waals surface area contributed by atoms with E-state index in [0.29, 0.717) is 10.9 Å². The minimum absolute atomic E-state index is 0.121. The number of ether oxygens (including phenoxy) is 1. The molecule has 0 aliphatic carbocycles. The summed E-state index contributed by atoms with van der Waals surface area (Å²) in [5.41, 5.74) is 0.366. The lowest BCUT2D eigenvalue weighted by Gasteiger charge is -2.02. The van der Waals surface area contributed by atoms with E-state index in [1.807, 2.05) is 0 Å². The van der Waals surface area contributed by atoms with Crippen molar-refractivity contribution < 1.29 is 9.53 Å². The average molecular weight is 292 g/mol. The lowest BCUT2D eigenvalue weighted by atomic mass is 10.3. The van der Waals surface area contributed by atoms with Crippen LogP contribution in [-0.4, -0.2) is 39.1 Å². The Balaban J connectivity index is 2.57. The molecule has 2 aromatic rings. The molecule has 20 heavy (non-hydrogen) atoms. The Labute approximate surface area is 118 Å². The molecule has 1 N–H and O–H groups in total. The smallest absolute Gasteiger partial charge is 0.279 e. The van der Waals surface area contributed by atoms with E-state index in [1.165, 1.54) is 38.1 Å². The molecule has 7 nitrogen and oxygen atoms in total. The maximum absolute atomic E-state index is 11.9. The number of aromatic nitrogens is 4. The van der Waals surface area contributed by atoms with Gasteiger partial charge in [0.05, 0.1) is 19.0 Å². The number of aromatic amines is 1. The molecule has 0 aromatic carbocycles. The second-order valence-corrected chi connectivity index (χ2v) is 4.61. The highest BCUT2D eigenvalue weighted by Gasteiger charge is 2.09. The largest absolute Gasteiger partial charge is 0.493 e. The van der Waals surface area contributed by atoms with Crippen molar-refractivity contribution in [3.8, 4) is 0 Å². The zero-order valence-corrected chi connectivity index (χ0v) is 11.9. The second-order valence-electron chi connectivity index (χ2n) is 3.81. The first-order valence-electron chi connectivity index (χ1n) is 5.63. The van der Waals surface area contributed by atoms with Crippen LogP contribution >= 0.6 is 11.8 Å². The monoisotopic (exact) mass is 292 g/mol. The van der Waals surface area contributed by atoms with Gasteiger partial charge in [0.15, 0.2) is 27.9 Å². The number of nitrogens with zero attached hydrogens (tertiary/aromatic N) is 3. The minimum Gasteiger partial charge on any atom is -0.493 e. The molecule has 0 bridgehead atoms. The van der Waals surface area contributed by atoms with E-state index in [1.54, 1.807) is 6.26 Å². The predicted molar refractivity (Wildman–Crippen MR) is 75.4 cm³/mol. The molecule has 104 valence electrons. The van der Waals surface area contributed by atoms with Gasteiger partial charge in [0, 0.05) is 13.0 Å². The zero-order valence-electron chi connectivity index (χ0n) is 11.1. The number of rotatable bonds is 4. The Kier molecular flexibility index (Phi) is 4.14. The number of ketones is 1. The molecule has 2 aromatic heterocycles. The van der Waals surface area contributed by atoms with Gasteiger partial charge >= 0.3 is 0 Å². The molecule has 2 rings (SSSR count). The van der Waals surface area contributed by atoms with Gasteiger partial charge in [-0.2, -0.15) is 0 Å². The van der Waals surface area contributed by atoms with Crippen molar-refractivity contribution in [2.24, 2.45) is 0 Å². The molecular weight excluding hydrogens is 280 g/mol. The summed E-state index contributed by atoms with van der Waals surface area (Å²) < 4.78 is 4.93. The van der Waals surface area contributed by atoms with Crippen molar-refractivity contribution in [3.63, 3.8) is 0 Å². The summed E-state index contributed by atoms with van der Waals surface area (Å²) in [6.07, 6.45) is 4.66. The van der Waals surface area contributed by atoms with Gasteiger partial charge in [0.1, 0.15) is 0 Å². The van der Waals surface area contributed by atoms with Crippen LogP contribution in [0.25, 0.3) is 17.2 Å². The summed E-state index contributed by atoms with van der Waals surface area (Å²) in [5.74, 6) is -0.0945. The molecule has 0 fully saturated rings. The van der Waals surface area contributed by atoms with Crippen LogP contribution in [0.15, 0.2) is 21.9 Å². The molecule has 2 heterocycles. The number of hydrogen-bond donors (Lipinski definition) is 1. The topological polar surface area (TPSA) is 97.8 Å². The van der Waals surface area contributed by atoms with Crippen molar-refractivity contribution in [3.05, 3.63) is 28.0 Å². The highest BCUT2D eigenvalue weighted by Crippen LogP contribution is 2.11. The molecule has 0 aliphatic rings. The van der Waals surface area contributed by atoms with Gasteiger partial charge in [-0.05, 0) is 6.26 Å². The van der Waals surface area contributed by atoms with E-state index in [2.05, 4.69) is 19.9 Å². The minimum atomic E-state index is -0.371. The van der Waals surface area contributed by atoms with Crippen LogP contribution in [0.3, 0.4) is 0 Å². The van der Waals surface area contributed by atoms with Crippen LogP contribution in [0.2, 0.25) is 0 Å². The van der Waals surface area contributed by atoms with Crippen LogP contribution in [-0.2, 0) is 9.53 Å². The Morgan fingerprint density at radius 3 is 2.80 bits per heavy atom. The normalized spacial score (nSPS) is 11.7. The molecule has 0 aliphatic heterocycles. The molecule has 0 radical (unpaired) electrons. The van der Waals surface area contributed by atoms with Gasteiger partial charge in [-0.1, -0.05) is 11.8 Å². The summed E-state index contributed by atoms with van der Waals surface area (Å²) >= 11 is 1.31.